The van der Waals surface area contributed by atoms with Crippen LogP contribution in [0.4, 0.5) is 5.69 Å². The molecule has 0 bridgehead atoms. The molecule has 0 aliphatic carbocycles. The summed E-state index contributed by atoms with van der Waals surface area (Å²) in [6.45, 7) is 3.92. The van der Waals surface area contributed by atoms with Gasteiger partial charge in [0.05, 0.1) is 23.2 Å². The number of aliphatic imine (C=N–C) groups is 1. The van der Waals surface area contributed by atoms with Gasteiger partial charge in [-0.15, -0.1) is 0 Å². The molecule has 5 nitrogen and oxygen atoms in total. The number of amidine groups is 1. The molecule has 0 radical (unpaired) electrons. The van der Waals surface area contributed by atoms with Crippen molar-refractivity contribution in [3.8, 4) is 0 Å². The summed E-state index contributed by atoms with van der Waals surface area (Å²) in [7, 11) is -3.08. The van der Waals surface area contributed by atoms with Crippen LogP contribution in [0.5, 0.6) is 0 Å². The van der Waals surface area contributed by atoms with Crippen molar-refractivity contribution in [2.45, 2.75) is 38.0 Å². The Morgan fingerprint density at radius 3 is 2.56 bits per heavy atom. The highest BCUT2D eigenvalue weighted by atomic mass is 79.9. The highest BCUT2D eigenvalue weighted by Crippen LogP contribution is 2.46. The zero-order valence-electron chi connectivity index (χ0n) is 13.8. The topological polar surface area (TPSA) is 66.8 Å². The van der Waals surface area contributed by atoms with E-state index in [2.05, 4.69) is 36.9 Å². The van der Waals surface area contributed by atoms with Gasteiger partial charge < -0.3 is 4.90 Å². The first-order valence-electron chi connectivity index (χ1n) is 7.95. The Kier molecular flexibility index (Phi) is 5.68. The van der Waals surface area contributed by atoms with Crippen molar-refractivity contribution < 1.29 is 13.2 Å². The zero-order valence-corrected chi connectivity index (χ0v) is 18.6. The number of aryl methyl sites for hydroxylation is 1. The minimum absolute atomic E-state index is 0.0818. The van der Waals surface area contributed by atoms with Gasteiger partial charge in [-0.25, -0.2) is 8.42 Å². The van der Waals surface area contributed by atoms with Crippen molar-refractivity contribution >= 4 is 70.2 Å². The lowest BCUT2D eigenvalue weighted by Crippen LogP contribution is -2.38. The average molecular weight is 510 g/mol. The van der Waals surface area contributed by atoms with Crippen molar-refractivity contribution in [1.82, 2.24) is 0 Å². The van der Waals surface area contributed by atoms with Gasteiger partial charge in [-0.1, -0.05) is 18.7 Å². The Labute approximate surface area is 168 Å². The molecule has 0 N–H and O–H groups in total. The first kappa shape index (κ1) is 19.4. The van der Waals surface area contributed by atoms with Crippen molar-refractivity contribution in [2.75, 3.05) is 16.4 Å². The molecule has 1 aromatic carbocycles. The van der Waals surface area contributed by atoms with E-state index >= 15 is 0 Å². The third kappa shape index (κ3) is 3.99. The molecule has 2 atom stereocenters. The van der Waals surface area contributed by atoms with Crippen LogP contribution in [-0.2, 0) is 14.6 Å². The Morgan fingerprint density at radius 1 is 1.32 bits per heavy atom. The summed E-state index contributed by atoms with van der Waals surface area (Å²) in [5.74, 6) is 0.0384. The van der Waals surface area contributed by atoms with E-state index in [4.69, 9.17) is 0 Å². The van der Waals surface area contributed by atoms with Gasteiger partial charge in [0.2, 0.25) is 5.91 Å². The maximum Gasteiger partial charge on any atom is 0.248 e. The monoisotopic (exact) mass is 508 g/mol. The van der Waals surface area contributed by atoms with E-state index in [1.165, 1.54) is 11.8 Å². The quantitative estimate of drug-likeness (QED) is 0.617. The number of hydrogen-bond acceptors (Lipinski definition) is 4. The smallest absolute Gasteiger partial charge is 0.248 e. The lowest BCUT2D eigenvalue weighted by atomic mass is 10.1. The van der Waals surface area contributed by atoms with E-state index in [1.54, 1.807) is 0 Å². The Hall–Kier alpha value is -0.380. The van der Waals surface area contributed by atoms with Crippen molar-refractivity contribution in [1.29, 1.82) is 0 Å². The van der Waals surface area contributed by atoms with Crippen molar-refractivity contribution in [3.05, 3.63) is 26.6 Å². The molecule has 136 valence electrons. The molecular weight excluding hydrogens is 492 g/mol. The molecule has 2 aliphatic heterocycles. The third-order valence-electron chi connectivity index (χ3n) is 4.15. The van der Waals surface area contributed by atoms with Crippen LogP contribution in [0.15, 0.2) is 26.1 Å². The SMILES string of the molecule is CCCC(=O)N=C1SC2CS(=O)(=O)CC2N1c1c(Br)cc(C)cc1Br. The summed E-state index contributed by atoms with van der Waals surface area (Å²) >= 11 is 8.57. The molecule has 1 amide bonds. The number of thioether (sulfide) groups is 1. The minimum atomic E-state index is -3.08. The molecule has 0 saturated carbocycles. The van der Waals surface area contributed by atoms with Crippen molar-refractivity contribution in [2.24, 2.45) is 4.99 Å². The fourth-order valence-corrected chi connectivity index (χ4v) is 8.84. The second-order valence-electron chi connectivity index (χ2n) is 6.29. The first-order valence-corrected chi connectivity index (χ1v) is 12.2. The number of hydrogen-bond donors (Lipinski definition) is 0. The number of fused-ring (bicyclic) bond motifs is 1. The number of nitrogens with zero attached hydrogens (tertiary/aromatic N) is 2. The van der Waals surface area contributed by atoms with Gasteiger partial charge in [-0.2, -0.15) is 4.99 Å². The van der Waals surface area contributed by atoms with E-state index in [0.717, 1.165) is 26.6 Å². The van der Waals surface area contributed by atoms with E-state index in [1.807, 2.05) is 30.9 Å². The lowest BCUT2D eigenvalue weighted by Gasteiger charge is -2.27. The first-order chi connectivity index (χ1) is 11.7. The maximum absolute atomic E-state index is 12.1. The van der Waals surface area contributed by atoms with Crippen LogP contribution in [0, 0.1) is 6.92 Å². The van der Waals surface area contributed by atoms with Gasteiger partial charge >= 0.3 is 0 Å². The summed E-state index contributed by atoms with van der Waals surface area (Å²) in [6, 6.07) is 3.75. The highest BCUT2D eigenvalue weighted by Gasteiger charge is 2.50. The normalized spacial score (nSPS) is 26.2. The molecule has 2 aliphatic rings. The fraction of sp³-hybridized carbons (Fsp3) is 0.500. The maximum atomic E-state index is 12.1. The van der Waals surface area contributed by atoms with Crippen molar-refractivity contribution in [3.63, 3.8) is 0 Å². The van der Waals surface area contributed by atoms with Crippen LogP contribution >= 0.6 is 43.6 Å². The number of rotatable bonds is 3. The van der Waals surface area contributed by atoms with Gasteiger partial charge in [-0.3, -0.25) is 4.79 Å². The van der Waals surface area contributed by atoms with Gasteiger partial charge in [0.25, 0.3) is 0 Å². The molecule has 1 aromatic rings. The molecule has 2 fully saturated rings. The number of benzene rings is 1. The molecule has 9 heteroatoms. The Morgan fingerprint density at radius 2 is 1.96 bits per heavy atom. The molecule has 0 aromatic heterocycles. The van der Waals surface area contributed by atoms with Crippen LogP contribution in [0.2, 0.25) is 0 Å². The van der Waals surface area contributed by atoms with Crippen LogP contribution in [0.1, 0.15) is 25.3 Å². The van der Waals surface area contributed by atoms with Crippen LogP contribution < -0.4 is 4.90 Å². The van der Waals surface area contributed by atoms with E-state index in [-0.39, 0.29) is 28.7 Å². The van der Waals surface area contributed by atoms with E-state index < -0.39 is 9.84 Å². The second kappa shape index (κ2) is 7.32. The molecule has 25 heavy (non-hydrogen) atoms. The molecule has 3 rings (SSSR count). The van der Waals surface area contributed by atoms with Gasteiger partial charge in [-0.05, 0) is 62.9 Å². The Bertz CT molecular complexity index is 832. The number of sulfone groups is 1. The molecule has 0 spiro atoms. The second-order valence-corrected chi connectivity index (χ2v) is 11.4. The van der Waals surface area contributed by atoms with E-state index in [9.17, 15) is 13.2 Å². The molecule has 2 saturated heterocycles. The minimum Gasteiger partial charge on any atom is -0.313 e. The predicted octanol–water partition coefficient (Wildman–Crippen LogP) is 3.92. The van der Waals surface area contributed by atoms with Crippen LogP contribution in [0.25, 0.3) is 0 Å². The van der Waals surface area contributed by atoms with Gasteiger partial charge in [0.15, 0.2) is 15.0 Å². The zero-order chi connectivity index (χ0) is 18.4. The van der Waals surface area contributed by atoms with Gasteiger partial charge in [0, 0.05) is 20.6 Å². The number of carbonyl (C=O) groups is 1. The molecule has 2 unspecified atom stereocenters. The number of halogens is 2. The number of amides is 1. The summed E-state index contributed by atoms with van der Waals surface area (Å²) < 4.78 is 25.9. The average Bonchev–Trinajstić information content (AvgIpc) is 2.91. The largest absolute Gasteiger partial charge is 0.313 e. The summed E-state index contributed by atoms with van der Waals surface area (Å²) in [4.78, 5) is 18.3. The van der Waals surface area contributed by atoms with E-state index in [0.29, 0.717) is 11.6 Å². The number of carbonyl (C=O) groups excluding carboxylic acids is 1. The highest BCUT2D eigenvalue weighted by molar-refractivity contribution is 9.11. The number of anilines is 1. The standard InChI is InChI=1S/C16H18Br2N2O3S2/c1-3-4-14(21)19-16-20(12-7-25(22,23)8-13(12)24-16)15-10(17)5-9(2)6-11(15)18/h5-6,12-13H,3-4,7-8H2,1-2H3. The van der Waals surface area contributed by atoms with Crippen LogP contribution in [0.3, 0.4) is 0 Å². The predicted molar refractivity (Wildman–Crippen MR) is 110 cm³/mol. The summed E-state index contributed by atoms with van der Waals surface area (Å²) in [5.41, 5.74) is 1.90. The van der Waals surface area contributed by atoms with Crippen LogP contribution in [-0.4, -0.2) is 42.3 Å². The lowest BCUT2D eigenvalue weighted by molar-refractivity contribution is -0.117. The molecule has 2 heterocycles. The summed E-state index contributed by atoms with van der Waals surface area (Å²) in [6.07, 6.45) is 1.13. The van der Waals surface area contributed by atoms with Gasteiger partial charge in [0.1, 0.15) is 0 Å². The molecular formula is C16H18Br2N2O3S2. The fourth-order valence-electron chi connectivity index (χ4n) is 3.12. The summed E-state index contributed by atoms with van der Waals surface area (Å²) in [5, 5.41) is 0.492. The Balaban J connectivity index is 2.09. The third-order valence-corrected chi connectivity index (χ3v) is 8.57.